The molecular weight excluding hydrogens is 661 g/mol. The van der Waals surface area contributed by atoms with E-state index in [2.05, 4.69) is 188 Å². The molecule has 0 bridgehead atoms. The summed E-state index contributed by atoms with van der Waals surface area (Å²) >= 11 is 1.85. The highest BCUT2D eigenvalue weighted by Gasteiger charge is 2.16. The first-order chi connectivity index (χ1) is 26.2. The molecule has 0 saturated heterocycles. The molecular formula is C50H32N2S. The minimum Gasteiger partial charge on any atom is -0.228 e. The maximum atomic E-state index is 5.36. The van der Waals surface area contributed by atoms with Gasteiger partial charge in [0.25, 0.3) is 0 Å². The summed E-state index contributed by atoms with van der Waals surface area (Å²) in [7, 11) is 0. The Morgan fingerprint density at radius 1 is 0.302 bits per heavy atom. The largest absolute Gasteiger partial charge is 0.228 e. The number of hydrogen-bond donors (Lipinski definition) is 0. The van der Waals surface area contributed by atoms with Crippen LogP contribution in [0.25, 0.3) is 98.2 Å². The molecule has 2 aromatic heterocycles. The van der Waals surface area contributed by atoms with Gasteiger partial charge in [-0.2, -0.15) is 0 Å². The summed E-state index contributed by atoms with van der Waals surface area (Å²) in [6.07, 6.45) is 0. The lowest BCUT2D eigenvalue weighted by Gasteiger charge is -2.14. The third-order valence-corrected chi connectivity index (χ3v) is 11.2. The Labute approximate surface area is 312 Å². The first kappa shape index (κ1) is 31.1. The summed E-state index contributed by atoms with van der Waals surface area (Å²) in [6, 6.07) is 69.3. The second-order valence-corrected chi connectivity index (χ2v) is 14.5. The molecule has 0 radical (unpaired) electrons. The third-order valence-electron chi connectivity index (χ3n) is 10.1. The topological polar surface area (TPSA) is 25.8 Å². The first-order valence-corrected chi connectivity index (χ1v) is 18.7. The van der Waals surface area contributed by atoms with Crippen LogP contribution in [0.2, 0.25) is 0 Å². The Hall–Kier alpha value is -6.68. The normalized spacial score (nSPS) is 11.4. The fourth-order valence-corrected chi connectivity index (χ4v) is 8.50. The lowest BCUT2D eigenvalue weighted by Crippen LogP contribution is -1.97. The van der Waals surface area contributed by atoms with Gasteiger partial charge in [0, 0.05) is 36.9 Å². The number of nitrogens with zero attached hydrogens (tertiary/aromatic N) is 2. The summed E-state index contributed by atoms with van der Waals surface area (Å²) in [5.41, 5.74) is 11.9. The molecule has 0 aliphatic heterocycles. The van der Waals surface area contributed by atoms with E-state index in [9.17, 15) is 0 Å². The van der Waals surface area contributed by atoms with E-state index in [1.807, 2.05) is 17.4 Å². The van der Waals surface area contributed by atoms with Crippen LogP contribution in [0.1, 0.15) is 0 Å². The highest BCUT2D eigenvalue weighted by atomic mass is 32.1. The van der Waals surface area contributed by atoms with Crippen LogP contribution in [0, 0.1) is 0 Å². The average Bonchev–Trinajstić information content (AvgIpc) is 3.62. The lowest BCUT2D eigenvalue weighted by molar-refractivity contribution is 1.19. The Kier molecular flexibility index (Phi) is 7.71. The van der Waals surface area contributed by atoms with E-state index >= 15 is 0 Å². The van der Waals surface area contributed by atoms with Crippen molar-refractivity contribution in [3.8, 4) is 67.3 Å². The van der Waals surface area contributed by atoms with Crippen molar-refractivity contribution in [2.75, 3.05) is 0 Å². The smallest absolute Gasteiger partial charge is 0.161 e. The van der Waals surface area contributed by atoms with Gasteiger partial charge in [0.05, 0.1) is 11.4 Å². The minimum atomic E-state index is 0.711. The molecule has 10 aromatic rings. The molecule has 0 atom stereocenters. The van der Waals surface area contributed by atoms with Crippen LogP contribution in [0.3, 0.4) is 0 Å². The molecule has 0 unspecified atom stereocenters. The molecule has 0 amide bonds. The maximum Gasteiger partial charge on any atom is 0.161 e. The number of thiophene rings is 1. The van der Waals surface area contributed by atoms with Crippen LogP contribution in [0.4, 0.5) is 0 Å². The van der Waals surface area contributed by atoms with Gasteiger partial charge in [-0.25, -0.2) is 9.97 Å². The minimum absolute atomic E-state index is 0.711. The first-order valence-electron chi connectivity index (χ1n) is 17.9. The Morgan fingerprint density at radius 2 is 0.830 bits per heavy atom. The zero-order valence-electron chi connectivity index (χ0n) is 28.8. The van der Waals surface area contributed by atoms with Crippen molar-refractivity contribution in [1.29, 1.82) is 0 Å². The van der Waals surface area contributed by atoms with Gasteiger partial charge in [-0.15, -0.1) is 11.3 Å². The fraction of sp³-hybridized carbons (Fsp3) is 0. The third kappa shape index (κ3) is 5.87. The van der Waals surface area contributed by atoms with Crippen molar-refractivity contribution in [1.82, 2.24) is 9.97 Å². The van der Waals surface area contributed by atoms with Crippen LogP contribution in [0.5, 0.6) is 0 Å². The van der Waals surface area contributed by atoms with E-state index in [4.69, 9.17) is 9.97 Å². The highest BCUT2D eigenvalue weighted by molar-refractivity contribution is 7.25. The quantitative estimate of drug-likeness (QED) is 0.173. The van der Waals surface area contributed by atoms with Crippen molar-refractivity contribution in [2.24, 2.45) is 0 Å². The number of aromatic nitrogens is 2. The lowest BCUT2D eigenvalue weighted by atomic mass is 9.92. The van der Waals surface area contributed by atoms with E-state index in [0.717, 1.165) is 50.2 Å². The van der Waals surface area contributed by atoms with E-state index in [-0.39, 0.29) is 0 Å². The van der Waals surface area contributed by atoms with Gasteiger partial charge in [0.2, 0.25) is 0 Å². The Morgan fingerprint density at radius 3 is 1.62 bits per heavy atom. The molecule has 0 spiro atoms. The van der Waals surface area contributed by atoms with Crippen LogP contribution in [0.15, 0.2) is 194 Å². The summed E-state index contributed by atoms with van der Waals surface area (Å²) in [4.78, 5) is 10.6. The van der Waals surface area contributed by atoms with Crippen LogP contribution < -0.4 is 0 Å². The molecule has 2 nitrogen and oxygen atoms in total. The van der Waals surface area contributed by atoms with Crippen molar-refractivity contribution in [3.05, 3.63) is 194 Å². The van der Waals surface area contributed by atoms with E-state index in [0.29, 0.717) is 5.82 Å². The van der Waals surface area contributed by atoms with Crippen LogP contribution >= 0.6 is 11.3 Å². The molecule has 3 heteroatoms. The summed E-state index contributed by atoms with van der Waals surface area (Å²) in [5.74, 6) is 0.711. The predicted molar refractivity (Wildman–Crippen MR) is 225 cm³/mol. The molecule has 8 aromatic carbocycles. The van der Waals surface area contributed by atoms with Crippen LogP contribution in [-0.2, 0) is 0 Å². The summed E-state index contributed by atoms with van der Waals surface area (Å²) in [6.45, 7) is 0. The van der Waals surface area contributed by atoms with Crippen molar-refractivity contribution < 1.29 is 0 Å². The molecule has 10 rings (SSSR count). The zero-order valence-corrected chi connectivity index (χ0v) is 29.6. The number of benzene rings is 8. The van der Waals surface area contributed by atoms with Gasteiger partial charge in [0.1, 0.15) is 0 Å². The molecule has 0 aliphatic carbocycles. The van der Waals surface area contributed by atoms with E-state index < -0.39 is 0 Å². The SMILES string of the molecule is c1ccc(-c2cccc(-c3cc(-c4ccc5sc6ccccc6c5c4)cc(-c4cc(-c5ccccc5)nc(-c5cccc6ccccc56)n4)c3)c2)cc1. The molecule has 53 heavy (non-hydrogen) atoms. The molecule has 0 aliphatic rings. The second-order valence-electron chi connectivity index (χ2n) is 13.4. The molecule has 2 heterocycles. The van der Waals surface area contributed by atoms with Gasteiger partial charge in [-0.3, -0.25) is 0 Å². The monoisotopic (exact) mass is 692 g/mol. The summed E-state index contributed by atoms with van der Waals surface area (Å²) in [5, 5.41) is 4.88. The number of hydrogen-bond acceptors (Lipinski definition) is 3. The van der Waals surface area contributed by atoms with Gasteiger partial charge < -0.3 is 0 Å². The van der Waals surface area contributed by atoms with E-state index in [1.165, 1.54) is 42.2 Å². The number of fused-ring (bicyclic) bond motifs is 4. The Balaban J connectivity index is 1.21. The van der Waals surface area contributed by atoms with Gasteiger partial charge >= 0.3 is 0 Å². The second kappa shape index (κ2) is 13.1. The van der Waals surface area contributed by atoms with E-state index in [1.54, 1.807) is 0 Å². The average molecular weight is 693 g/mol. The standard InChI is InChI=1S/C50H32N2S/c1-3-13-33(14-4-1)36-19-11-20-37(27-36)39-28-40(38-25-26-49-45(31-38)43-22-9-10-24-48(43)53-49)30-41(29-39)47-32-46(35-16-5-2-6-17-35)51-50(52-47)44-23-12-18-34-15-7-8-21-42(34)44/h1-32H. The molecule has 0 saturated carbocycles. The fourth-order valence-electron chi connectivity index (χ4n) is 7.42. The van der Waals surface area contributed by atoms with Crippen LogP contribution in [-0.4, -0.2) is 9.97 Å². The van der Waals surface area contributed by atoms with Crippen molar-refractivity contribution in [2.45, 2.75) is 0 Å². The highest BCUT2D eigenvalue weighted by Crippen LogP contribution is 2.40. The number of rotatable bonds is 6. The zero-order chi connectivity index (χ0) is 35.1. The summed E-state index contributed by atoms with van der Waals surface area (Å²) < 4.78 is 2.60. The molecule has 0 N–H and O–H groups in total. The molecule has 248 valence electrons. The van der Waals surface area contributed by atoms with Gasteiger partial charge in [-0.1, -0.05) is 146 Å². The molecule has 0 fully saturated rings. The van der Waals surface area contributed by atoms with Crippen molar-refractivity contribution in [3.63, 3.8) is 0 Å². The van der Waals surface area contributed by atoms with Crippen molar-refractivity contribution >= 4 is 42.3 Å². The Bertz CT molecular complexity index is 2940. The van der Waals surface area contributed by atoms with Gasteiger partial charge in [-0.05, 0) is 92.7 Å². The maximum absolute atomic E-state index is 5.36. The predicted octanol–water partition coefficient (Wildman–Crippen LogP) is 14.0. The van der Waals surface area contributed by atoms with Gasteiger partial charge in [0.15, 0.2) is 5.82 Å².